The van der Waals surface area contributed by atoms with E-state index in [0.717, 1.165) is 31.4 Å². The lowest BCUT2D eigenvalue weighted by molar-refractivity contribution is 0.0138. The van der Waals surface area contributed by atoms with Gasteiger partial charge in [0.2, 0.25) is 5.95 Å². The van der Waals surface area contributed by atoms with E-state index in [1.54, 1.807) is 0 Å². The van der Waals surface area contributed by atoms with Gasteiger partial charge >= 0.3 is 5.97 Å². The molecule has 2 unspecified atom stereocenters. The first-order chi connectivity index (χ1) is 17.5. The molecule has 2 aliphatic heterocycles. The maximum atomic E-state index is 11.5. The lowest BCUT2D eigenvalue weighted by Gasteiger charge is -2.39. The first-order valence-electron chi connectivity index (χ1n) is 14.0. The molecule has 5 fully saturated rings. The monoisotopic (exact) mass is 492 g/mol. The Morgan fingerprint density at radius 1 is 1.06 bits per heavy atom. The fraction of sp³-hybridized carbons (Fsp3) is 0.714. The number of hydrogen-bond donors (Lipinski definition) is 1. The molecular formula is C28H36N4O4. The molecule has 0 amide bonds. The largest absolute Gasteiger partial charge is 0.477 e. The summed E-state index contributed by atoms with van der Waals surface area (Å²) in [4.78, 5) is 22.8. The van der Waals surface area contributed by atoms with Gasteiger partial charge in [-0.25, -0.2) is 14.8 Å². The minimum Gasteiger partial charge on any atom is -0.477 e. The number of fused-ring (bicyclic) bond motifs is 2. The number of aryl methyl sites for hydroxylation is 1. The fourth-order valence-corrected chi connectivity index (χ4v) is 7.22. The van der Waals surface area contributed by atoms with Gasteiger partial charge in [0.05, 0.1) is 18.4 Å². The number of carboxylic acid groups (broad SMARTS) is 1. The number of aromatic nitrogens is 3. The number of rotatable bonds is 7. The zero-order valence-electron chi connectivity index (χ0n) is 21.1. The number of ether oxygens (including phenoxy) is 1. The second kappa shape index (κ2) is 8.54. The van der Waals surface area contributed by atoms with Gasteiger partial charge in [-0.15, -0.1) is 0 Å². The van der Waals surface area contributed by atoms with E-state index in [9.17, 15) is 9.90 Å². The number of carbonyl (C=O) groups is 1. The molecule has 2 aromatic rings. The van der Waals surface area contributed by atoms with Crippen LogP contribution in [-0.2, 0) is 11.3 Å². The molecule has 5 aliphatic rings. The summed E-state index contributed by atoms with van der Waals surface area (Å²) in [6.45, 7) is 2.43. The van der Waals surface area contributed by atoms with Gasteiger partial charge in [-0.2, -0.15) is 0 Å². The van der Waals surface area contributed by atoms with Gasteiger partial charge in [-0.3, -0.25) is 0 Å². The Kier molecular flexibility index (Phi) is 5.38. The molecule has 8 nitrogen and oxygen atoms in total. The Morgan fingerprint density at radius 2 is 1.78 bits per heavy atom. The number of aromatic carboxylic acids is 1. The normalized spacial score (nSPS) is 29.1. The second-order valence-corrected chi connectivity index (χ2v) is 12.2. The van der Waals surface area contributed by atoms with E-state index in [4.69, 9.17) is 9.26 Å². The first-order valence-corrected chi connectivity index (χ1v) is 14.0. The average molecular weight is 493 g/mol. The van der Waals surface area contributed by atoms with Gasteiger partial charge in [0.25, 0.3) is 0 Å². The van der Waals surface area contributed by atoms with E-state index in [1.165, 1.54) is 68.7 Å². The molecule has 8 heteroatoms. The molecule has 2 saturated heterocycles. The highest BCUT2D eigenvalue weighted by Gasteiger charge is 2.47. The molecular weight excluding hydrogens is 456 g/mol. The summed E-state index contributed by atoms with van der Waals surface area (Å²) in [7, 11) is 0. The summed E-state index contributed by atoms with van der Waals surface area (Å²) >= 11 is 0. The summed E-state index contributed by atoms with van der Waals surface area (Å²) in [6, 6.07) is 2.11. The van der Waals surface area contributed by atoms with Crippen molar-refractivity contribution in [1.29, 1.82) is 0 Å². The van der Waals surface area contributed by atoms with Crippen LogP contribution in [0.2, 0.25) is 0 Å². The lowest BCUT2D eigenvalue weighted by Crippen LogP contribution is -2.46. The van der Waals surface area contributed by atoms with Crippen molar-refractivity contribution in [3.8, 4) is 0 Å². The van der Waals surface area contributed by atoms with Crippen molar-refractivity contribution < 1.29 is 19.2 Å². The van der Waals surface area contributed by atoms with Crippen molar-refractivity contribution in [3.63, 3.8) is 0 Å². The number of piperidine rings is 1. The van der Waals surface area contributed by atoms with Crippen molar-refractivity contribution >= 4 is 11.9 Å². The maximum Gasteiger partial charge on any atom is 0.354 e. The van der Waals surface area contributed by atoms with Gasteiger partial charge in [-0.05, 0) is 95.5 Å². The minimum absolute atomic E-state index is 0.0678. The van der Waals surface area contributed by atoms with Crippen LogP contribution in [0.1, 0.15) is 122 Å². The van der Waals surface area contributed by atoms with Crippen molar-refractivity contribution in [1.82, 2.24) is 15.1 Å². The van der Waals surface area contributed by atoms with Crippen molar-refractivity contribution in [2.24, 2.45) is 5.41 Å². The summed E-state index contributed by atoms with van der Waals surface area (Å²) < 4.78 is 12.6. The van der Waals surface area contributed by atoms with E-state index in [0.29, 0.717) is 35.5 Å². The lowest BCUT2D eigenvalue weighted by atomic mass is 9.77. The van der Waals surface area contributed by atoms with Gasteiger partial charge in [0, 0.05) is 35.2 Å². The van der Waals surface area contributed by atoms with Crippen LogP contribution in [0.4, 0.5) is 5.95 Å². The predicted octanol–water partition coefficient (Wildman–Crippen LogP) is 5.50. The molecule has 2 bridgehead atoms. The second-order valence-electron chi connectivity index (χ2n) is 12.2. The summed E-state index contributed by atoms with van der Waals surface area (Å²) in [6.07, 6.45) is 14.6. The molecule has 192 valence electrons. The maximum absolute atomic E-state index is 11.5. The number of nitrogens with zero attached hydrogens (tertiary/aromatic N) is 4. The Bertz CT molecular complexity index is 1150. The van der Waals surface area contributed by atoms with Gasteiger partial charge in [0.15, 0.2) is 5.69 Å². The van der Waals surface area contributed by atoms with Crippen LogP contribution in [0.15, 0.2) is 10.6 Å². The molecule has 36 heavy (non-hydrogen) atoms. The molecule has 3 saturated carbocycles. The van der Waals surface area contributed by atoms with Crippen molar-refractivity contribution in [2.45, 2.75) is 121 Å². The van der Waals surface area contributed by atoms with Crippen LogP contribution < -0.4 is 4.90 Å². The number of carboxylic acids is 1. The molecule has 1 N–H and O–H groups in total. The third-order valence-corrected chi connectivity index (χ3v) is 9.63. The standard InChI is InChI=1S/C28H36N4O4/c1-16-12-23(26(33)34)30-27(29-16)32-19-4-5-20(32)14-21(13-19)35-15-22-24(31-36-25(22)18-2-3-18)17-6-8-28(9-7-17)10-11-28/h12,17-21H,2-11,13-15H2,1H3,(H,33,34)/t19-,20?,21?/m0/s1. The van der Waals surface area contributed by atoms with Gasteiger partial charge in [-0.1, -0.05) is 5.16 Å². The first kappa shape index (κ1) is 22.7. The highest BCUT2D eigenvalue weighted by molar-refractivity contribution is 5.85. The van der Waals surface area contributed by atoms with Gasteiger partial charge < -0.3 is 19.3 Å². The van der Waals surface area contributed by atoms with Crippen LogP contribution >= 0.6 is 0 Å². The van der Waals surface area contributed by atoms with Crippen LogP contribution in [0.5, 0.6) is 0 Å². The zero-order chi connectivity index (χ0) is 24.4. The molecule has 3 aliphatic carbocycles. The molecule has 0 aromatic carbocycles. The van der Waals surface area contributed by atoms with Crippen LogP contribution in [0, 0.1) is 12.3 Å². The fourth-order valence-electron chi connectivity index (χ4n) is 7.22. The third-order valence-electron chi connectivity index (χ3n) is 9.63. The Balaban J connectivity index is 1.05. The van der Waals surface area contributed by atoms with E-state index in [2.05, 4.69) is 20.0 Å². The Morgan fingerprint density at radius 3 is 2.42 bits per heavy atom. The quantitative estimate of drug-likeness (QED) is 0.540. The van der Waals surface area contributed by atoms with E-state index < -0.39 is 5.97 Å². The van der Waals surface area contributed by atoms with E-state index in [-0.39, 0.29) is 23.9 Å². The molecule has 2 aromatic heterocycles. The molecule has 3 atom stereocenters. The Labute approximate surface area is 211 Å². The Hall–Kier alpha value is -2.48. The van der Waals surface area contributed by atoms with E-state index >= 15 is 0 Å². The molecule has 7 rings (SSSR count). The van der Waals surface area contributed by atoms with Crippen LogP contribution in [-0.4, -0.2) is 44.4 Å². The van der Waals surface area contributed by atoms with Crippen molar-refractivity contribution in [3.05, 3.63) is 34.5 Å². The molecule has 1 spiro atoms. The third kappa shape index (κ3) is 4.11. The van der Waals surface area contributed by atoms with Crippen molar-refractivity contribution in [2.75, 3.05) is 4.90 Å². The molecule has 4 heterocycles. The highest BCUT2D eigenvalue weighted by atomic mass is 16.5. The van der Waals surface area contributed by atoms with Gasteiger partial charge in [0.1, 0.15) is 5.76 Å². The predicted molar refractivity (Wildman–Crippen MR) is 132 cm³/mol. The van der Waals surface area contributed by atoms with Crippen LogP contribution in [0.3, 0.4) is 0 Å². The average Bonchev–Trinajstić information content (AvgIpc) is 3.79. The zero-order valence-corrected chi connectivity index (χ0v) is 21.1. The number of hydrogen-bond acceptors (Lipinski definition) is 7. The molecule has 0 radical (unpaired) electrons. The summed E-state index contributed by atoms with van der Waals surface area (Å²) in [5, 5.41) is 14.1. The smallest absolute Gasteiger partial charge is 0.354 e. The van der Waals surface area contributed by atoms with E-state index in [1.807, 2.05) is 6.92 Å². The summed E-state index contributed by atoms with van der Waals surface area (Å²) in [5.74, 6) is 1.69. The highest BCUT2D eigenvalue weighted by Crippen LogP contribution is 2.59. The van der Waals surface area contributed by atoms with Crippen LogP contribution in [0.25, 0.3) is 0 Å². The minimum atomic E-state index is -1.01. The SMILES string of the molecule is Cc1cc(C(=O)O)nc(N2C3CC[C@H]2CC(OCc2c(C4CCC5(CC4)CC5)noc2C2CC2)C3)n1. The summed E-state index contributed by atoms with van der Waals surface area (Å²) in [5.41, 5.74) is 3.87. The topological polar surface area (TPSA) is 102 Å². The number of anilines is 1.